The molecule has 24 heavy (non-hydrogen) atoms. The molecule has 3 N–H and O–H groups in total. The van der Waals surface area contributed by atoms with Crippen LogP contribution in [0.15, 0.2) is 18.2 Å². The molecule has 5 atom stereocenters. The van der Waals surface area contributed by atoms with Crippen molar-refractivity contribution in [2.75, 3.05) is 0 Å². The number of rotatable bonds is 7. The standard InChI is InChI=1S/C21H32O3/c1-2-3-4-7-16(22)9-10-17-18-11-14-6-5-8-20(23)19(14)12-15(18)13-21(17)24/h5-6,8,15-18,21-24H,2-4,7,9-13H2,1H3/t15?,16?,17?,18?,21-/m1/s1. The molecule has 3 rings (SSSR count). The molecule has 0 aromatic heterocycles. The Morgan fingerprint density at radius 1 is 1.17 bits per heavy atom. The van der Waals surface area contributed by atoms with Crippen molar-refractivity contribution in [1.82, 2.24) is 0 Å². The Morgan fingerprint density at radius 3 is 2.79 bits per heavy atom. The van der Waals surface area contributed by atoms with Crippen LogP contribution in [-0.4, -0.2) is 27.5 Å². The molecule has 1 saturated carbocycles. The van der Waals surface area contributed by atoms with E-state index in [0.717, 1.165) is 50.5 Å². The predicted octanol–water partition coefficient (Wildman–Crippen LogP) is 3.83. The topological polar surface area (TPSA) is 60.7 Å². The molecule has 1 aromatic rings. The quantitative estimate of drug-likeness (QED) is 0.665. The van der Waals surface area contributed by atoms with Gasteiger partial charge in [-0.1, -0.05) is 38.3 Å². The summed E-state index contributed by atoms with van der Waals surface area (Å²) in [6, 6.07) is 5.81. The highest BCUT2D eigenvalue weighted by Gasteiger charge is 2.44. The highest BCUT2D eigenvalue weighted by Crippen LogP contribution is 2.48. The molecule has 0 saturated heterocycles. The lowest BCUT2D eigenvalue weighted by molar-refractivity contribution is 0.0869. The van der Waals surface area contributed by atoms with Crippen LogP contribution in [0.4, 0.5) is 0 Å². The zero-order chi connectivity index (χ0) is 17.1. The fourth-order valence-corrected chi connectivity index (χ4v) is 4.98. The van der Waals surface area contributed by atoms with Crippen LogP contribution >= 0.6 is 0 Å². The molecule has 0 aliphatic heterocycles. The van der Waals surface area contributed by atoms with E-state index in [1.54, 1.807) is 6.07 Å². The number of aliphatic hydroxyl groups excluding tert-OH is 2. The molecule has 2 aliphatic rings. The summed E-state index contributed by atoms with van der Waals surface area (Å²) in [6.07, 6.45) is 8.31. The molecule has 134 valence electrons. The zero-order valence-corrected chi connectivity index (χ0v) is 14.8. The number of unbranched alkanes of at least 4 members (excludes halogenated alkanes) is 2. The lowest BCUT2D eigenvalue weighted by Gasteiger charge is -2.32. The summed E-state index contributed by atoms with van der Waals surface area (Å²) in [6.45, 7) is 2.18. The van der Waals surface area contributed by atoms with E-state index in [1.165, 1.54) is 18.4 Å². The maximum atomic E-state index is 10.6. The van der Waals surface area contributed by atoms with Crippen LogP contribution < -0.4 is 0 Å². The molecule has 0 bridgehead atoms. The molecule has 3 heteroatoms. The van der Waals surface area contributed by atoms with E-state index in [1.807, 2.05) is 6.07 Å². The normalized spacial score (nSPS) is 30.0. The number of phenolic OH excluding ortho intramolecular Hbond substituents is 1. The summed E-state index contributed by atoms with van der Waals surface area (Å²) in [5.74, 6) is 1.68. The third kappa shape index (κ3) is 3.78. The van der Waals surface area contributed by atoms with Crippen molar-refractivity contribution in [3.63, 3.8) is 0 Å². The summed E-state index contributed by atoms with van der Waals surface area (Å²) >= 11 is 0. The van der Waals surface area contributed by atoms with Gasteiger partial charge >= 0.3 is 0 Å². The summed E-state index contributed by atoms with van der Waals surface area (Å²) in [5, 5.41) is 30.8. The average Bonchev–Trinajstić information content (AvgIpc) is 2.86. The summed E-state index contributed by atoms with van der Waals surface area (Å²) < 4.78 is 0. The van der Waals surface area contributed by atoms with E-state index in [0.29, 0.717) is 23.5 Å². The fraction of sp³-hybridized carbons (Fsp3) is 0.714. The van der Waals surface area contributed by atoms with Gasteiger partial charge in [0.25, 0.3) is 0 Å². The highest BCUT2D eigenvalue weighted by atomic mass is 16.3. The largest absolute Gasteiger partial charge is 0.508 e. The second kappa shape index (κ2) is 7.88. The minimum atomic E-state index is -0.251. The van der Waals surface area contributed by atoms with Crippen molar-refractivity contribution < 1.29 is 15.3 Å². The molecular weight excluding hydrogens is 300 g/mol. The number of fused-ring (bicyclic) bond motifs is 2. The molecule has 0 amide bonds. The van der Waals surface area contributed by atoms with Crippen molar-refractivity contribution in [2.24, 2.45) is 17.8 Å². The van der Waals surface area contributed by atoms with E-state index >= 15 is 0 Å². The van der Waals surface area contributed by atoms with E-state index in [4.69, 9.17) is 0 Å². The Kier molecular flexibility index (Phi) is 5.83. The molecule has 1 fully saturated rings. The van der Waals surface area contributed by atoms with Crippen LogP contribution in [0.3, 0.4) is 0 Å². The smallest absolute Gasteiger partial charge is 0.119 e. The van der Waals surface area contributed by atoms with E-state index in [9.17, 15) is 15.3 Å². The molecule has 3 nitrogen and oxygen atoms in total. The monoisotopic (exact) mass is 332 g/mol. The first-order valence-electron chi connectivity index (χ1n) is 9.76. The zero-order valence-electron chi connectivity index (χ0n) is 14.8. The second-order valence-electron chi connectivity index (χ2n) is 7.94. The molecular formula is C21H32O3. The van der Waals surface area contributed by atoms with Crippen LogP contribution in [0.2, 0.25) is 0 Å². The van der Waals surface area contributed by atoms with Crippen LogP contribution in [-0.2, 0) is 12.8 Å². The van der Waals surface area contributed by atoms with E-state index < -0.39 is 0 Å². The molecule has 0 spiro atoms. The number of phenols is 1. The lowest BCUT2D eigenvalue weighted by Crippen LogP contribution is -2.27. The van der Waals surface area contributed by atoms with Crippen molar-refractivity contribution in [3.8, 4) is 5.75 Å². The van der Waals surface area contributed by atoms with Gasteiger partial charge in [-0.15, -0.1) is 0 Å². The van der Waals surface area contributed by atoms with E-state index in [2.05, 4.69) is 13.0 Å². The minimum absolute atomic E-state index is 0.220. The van der Waals surface area contributed by atoms with Crippen LogP contribution in [0.1, 0.15) is 63.0 Å². The molecule has 0 radical (unpaired) electrons. The molecule has 2 aliphatic carbocycles. The van der Waals surface area contributed by atoms with Gasteiger partial charge in [0.05, 0.1) is 12.2 Å². The Hall–Kier alpha value is -1.06. The first-order chi connectivity index (χ1) is 11.6. The Bertz CT molecular complexity index is 542. The van der Waals surface area contributed by atoms with Gasteiger partial charge in [-0.3, -0.25) is 0 Å². The van der Waals surface area contributed by atoms with Gasteiger partial charge in [0, 0.05) is 0 Å². The number of aliphatic hydroxyl groups is 2. The summed E-state index contributed by atoms with van der Waals surface area (Å²) in [5.41, 5.74) is 2.34. The van der Waals surface area contributed by atoms with Crippen LogP contribution in [0.25, 0.3) is 0 Å². The number of benzene rings is 1. The van der Waals surface area contributed by atoms with Crippen LogP contribution in [0.5, 0.6) is 5.75 Å². The summed E-state index contributed by atoms with van der Waals surface area (Å²) in [7, 11) is 0. The third-order valence-corrected chi connectivity index (χ3v) is 6.34. The van der Waals surface area contributed by atoms with Crippen molar-refractivity contribution >= 4 is 0 Å². The number of hydrogen-bond acceptors (Lipinski definition) is 3. The van der Waals surface area contributed by atoms with Gasteiger partial charge in [-0.25, -0.2) is 0 Å². The maximum Gasteiger partial charge on any atom is 0.119 e. The summed E-state index contributed by atoms with van der Waals surface area (Å²) in [4.78, 5) is 0. The Morgan fingerprint density at radius 2 is 2.00 bits per heavy atom. The molecule has 0 heterocycles. The Labute approximate surface area is 145 Å². The van der Waals surface area contributed by atoms with Crippen LogP contribution in [0, 0.1) is 17.8 Å². The van der Waals surface area contributed by atoms with Gasteiger partial charge in [0.15, 0.2) is 0 Å². The number of hydrogen-bond donors (Lipinski definition) is 3. The second-order valence-corrected chi connectivity index (χ2v) is 7.94. The van der Waals surface area contributed by atoms with Gasteiger partial charge in [0.1, 0.15) is 5.75 Å². The van der Waals surface area contributed by atoms with Gasteiger partial charge in [-0.05, 0) is 73.5 Å². The van der Waals surface area contributed by atoms with Gasteiger partial charge in [0.2, 0.25) is 0 Å². The first kappa shape index (κ1) is 17.8. The molecule has 4 unspecified atom stereocenters. The average molecular weight is 332 g/mol. The van der Waals surface area contributed by atoms with Crippen molar-refractivity contribution in [1.29, 1.82) is 0 Å². The fourth-order valence-electron chi connectivity index (χ4n) is 4.98. The number of aromatic hydroxyl groups is 1. The van der Waals surface area contributed by atoms with Crippen molar-refractivity contribution in [3.05, 3.63) is 29.3 Å². The van der Waals surface area contributed by atoms with Gasteiger partial charge in [-0.2, -0.15) is 0 Å². The molecule has 1 aromatic carbocycles. The van der Waals surface area contributed by atoms with Gasteiger partial charge < -0.3 is 15.3 Å². The highest BCUT2D eigenvalue weighted by molar-refractivity contribution is 5.42. The Balaban J connectivity index is 1.59. The lowest BCUT2D eigenvalue weighted by atomic mass is 9.73. The third-order valence-electron chi connectivity index (χ3n) is 6.34. The minimum Gasteiger partial charge on any atom is -0.508 e. The van der Waals surface area contributed by atoms with E-state index in [-0.39, 0.29) is 12.2 Å². The van der Waals surface area contributed by atoms with Crippen molar-refractivity contribution in [2.45, 2.75) is 76.9 Å². The predicted molar refractivity (Wildman–Crippen MR) is 96.0 cm³/mol. The first-order valence-corrected chi connectivity index (χ1v) is 9.76. The SMILES string of the molecule is CCCCCC(O)CCC1C2Cc3cccc(O)c3CC2C[C@H]1O. The maximum absolute atomic E-state index is 10.6.